The van der Waals surface area contributed by atoms with Gasteiger partial charge in [0.1, 0.15) is 6.20 Å². The number of carbonyl (C=O) groups excluding carboxylic acids is 1. The van der Waals surface area contributed by atoms with Crippen LogP contribution in [0.25, 0.3) is 0 Å². The number of benzene rings is 1. The number of halogens is 2. The first-order valence-electron chi connectivity index (χ1n) is 6.22. The van der Waals surface area contributed by atoms with Crippen LogP contribution in [0.2, 0.25) is 0 Å². The molecule has 1 amide bonds. The van der Waals surface area contributed by atoms with Gasteiger partial charge in [-0.25, -0.2) is 8.78 Å². The maximum absolute atomic E-state index is 13.2. The molecule has 2 N–H and O–H groups in total. The number of anilines is 1. The Kier molecular flexibility index (Phi) is 3.20. The van der Waals surface area contributed by atoms with E-state index in [0.29, 0.717) is 12.0 Å². The number of rotatable bonds is 3. The van der Waals surface area contributed by atoms with E-state index in [1.165, 1.54) is 6.07 Å². The van der Waals surface area contributed by atoms with Crippen LogP contribution in [0.3, 0.4) is 0 Å². The minimum atomic E-state index is -0.934. The van der Waals surface area contributed by atoms with Crippen molar-refractivity contribution in [2.24, 2.45) is 5.92 Å². The average Bonchev–Trinajstić information content (AvgIpc) is 3.22. The van der Waals surface area contributed by atoms with Crippen molar-refractivity contribution in [3.05, 3.63) is 51.9 Å². The van der Waals surface area contributed by atoms with Crippen LogP contribution >= 0.6 is 0 Å². The number of H-pyrrole nitrogens is 1. The van der Waals surface area contributed by atoms with Gasteiger partial charge in [-0.3, -0.25) is 19.9 Å². The molecule has 0 spiro atoms. The minimum absolute atomic E-state index is 0.0385. The predicted octanol–water partition coefficient (Wildman–Crippen LogP) is 1.19. The van der Waals surface area contributed by atoms with Crippen LogP contribution in [-0.4, -0.2) is 21.1 Å². The largest absolute Gasteiger partial charge is 0.294 e. The van der Waals surface area contributed by atoms with Gasteiger partial charge in [-0.2, -0.15) is 0 Å². The average molecular weight is 292 g/mol. The lowest BCUT2D eigenvalue weighted by atomic mass is 10.1. The fraction of sp³-hybridized carbons (Fsp3) is 0.231. The molecule has 1 aliphatic rings. The highest BCUT2D eigenvalue weighted by atomic mass is 19.2. The van der Waals surface area contributed by atoms with Gasteiger partial charge in [-0.15, -0.1) is 10.2 Å². The van der Waals surface area contributed by atoms with Gasteiger partial charge in [-0.05, 0) is 30.0 Å². The first-order chi connectivity index (χ1) is 10.0. The second-order valence-electron chi connectivity index (χ2n) is 4.79. The van der Waals surface area contributed by atoms with E-state index in [1.807, 2.05) is 0 Å². The summed E-state index contributed by atoms with van der Waals surface area (Å²) in [6.07, 6.45) is 1.51. The highest BCUT2D eigenvalue weighted by Crippen LogP contribution is 2.48. The summed E-state index contributed by atoms with van der Waals surface area (Å²) >= 11 is 0. The lowest BCUT2D eigenvalue weighted by Gasteiger charge is -2.03. The van der Waals surface area contributed by atoms with E-state index < -0.39 is 17.2 Å². The van der Waals surface area contributed by atoms with Crippen LogP contribution < -0.4 is 10.9 Å². The van der Waals surface area contributed by atoms with Crippen molar-refractivity contribution >= 4 is 11.9 Å². The Morgan fingerprint density at radius 2 is 2.14 bits per heavy atom. The van der Waals surface area contributed by atoms with E-state index in [-0.39, 0.29) is 23.7 Å². The van der Waals surface area contributed by atoms with E-state index >= 15 is 0 Å². The number of aromatic amines is 1. The van der Waals surface area contributed by atoms with E-state index in [4.69, 9.17) is 0 Å². The standard InChI is InChI=1S/C13H10F2N4O2/c14-9-2-1-6(3-10(9)15)7-4-8(7)12(21)18-13-17-11(20)5-16-19-13/h1-3,5,7-8H,4H2,(H2,17,18,19,20,21)/t7-,8+/m0/s1. The van der Waals surface area contributed by atoms with Crippen molar-refractivity contribution in [2.75, 3.05) is 5.32 Å². The first-order valence-corrected chi connectivity index (χ1v) is 6.22. The van der Waals surface area contributed by atoms with E-state index in [9.17, 15) is 18.4 Å². The summed E-state index contributed by atoms with van der Waals surface area (Å²) in [4.78, 5) is 25.3. The molecule has 2 atom stereocenters. The first kappa shape index (κ1) is 13.3. The number of carbonyl (C=O) groups is 1. The normalized spacial score (nSPS) is 20.1. The second-order valence-corrected chi connectivity index (χ2v) is 4.79. The summed E-state index contributed by atoms with van der Waals surface area (Å²) in [5.41, 5.74) is 0.0925. The third-order valence-corrected chi connectivity index (χ3v) is 3.31. The highest BCUT2D eigenvalue weighted by molar-refractivity contribution is 5.93. The Balaban J connectivity index is 1.68. The molecule has 1 saturated carbocycles. The summed E-state index contributed by atoms with van der Waals surface area (Å²) in [5, 5.41) is 9.42. The van der Waals surface area contributed by atoms with Gasteiger partial charge in [0.05, 0.1) is 0 Å². The summed E-state index contributed by atoms with van der Waals surface area (Å²) in [5.74, 6) is -2.76. The van der Waals surface area contributed by atoms with Crippen molar-refractivity contribution < 1.29 is 13.6 Å². The molecule has 0 radical (unpaired) electrons. The molecule has 0 aliphatic heterocycles. The van der Waals surface area contributed by atoms with E-state index in [2.05, 4.69) is 20.5 Å². The predicted molar refractivity (Wildman–Crippen MR) is 68.5 cm³/mol. The van der Waals surface area contributed by atoms with Crippen molar-refractivity contribution in [3.63, 3.8) is 0 Å². The van der Waals surface area contributed by atoms with Crippen molar-refractivity contribution in [1.29, 1.82) is 0 Å². The van der Waals surface area contributed by atoms with Gasteiger partial charge < -0.3 is 0 Å². The van der Waals surface area contributed by atoms with Crippen LogP contribution in [0, 0.1) is 17.6 Å². The van der Waals surface area contributed by atoms with Gasteiger partial charge in [0, 0.05) is 5.92 Å². The molecule has 8 heteroatoms. The third kappa shape index (κ3) is 2.78. The van der Waals surface area contributed by atoms with Crippen LogP contribution in [0.1, 0.15) is 17.9 Å². The van der Waals surface area contributed by atoms with E-state index in [1.54, 1.807) is 0 Å². The maximum Gasteiger partial charge on any atom is 0.271 e. The molecule has 1 fully saturated rings. The Labute approximate surface area is 117 Å². The molecule has 0 unspecified atom stereocenters. The molecule has 2 aromatic rings. The van der Waals surface area contributed by atoms with Gasteiger partial charge in [0.25, 0.3) is 5.56 Å². The molecule has 108 valence electrons. The van der Waals surface area contributed by atoms with Crippen LogP contribution in [-0.2, 0) is 4.79 Å². The van der Waals surface area contributed by atoms with Crippen LogP contribution in [0.4, 0.5) is 14.7 Å². The quantitative estimate of drug-likeness (QED) is 0.889. The molecule has 1 aromatic carbocycles. The van der Waals surface area contributed by atoms with Gasteiger partial charge in [0.15, 0.2) is 11.6 Å². The monoisotopic (exact) mass is 292 g/mol. The molecular formula is C13H10F2N4O2. The molecular weight excluding hydrogens is 282 g/mol. The fourth-order valence-corrected chi connectivity index (χ4v) is 2.17. The van der Waals surface area contributed by atoms with Crippen LogP contribution in [0.5, 0.6) is 0 Å². The Hall–Kier alpha value is -2.64. The van der Waals surface area contributed by atoms with Crippen molar-refractivity contribution in [1.82, 2.24) is 15.2 Å². The highest BCUT2D eigenvalue weighted by Gasteiger charge is 2.44. The van der Waals surface area contributed by atoms with Gasteiger partial charge >= 0.3 is 0 Å². The van der Waals surface area contributed by atoms with E-state index in [0.717, 1.165) is 18.3 Å². The minimum Gasteiger partial charge on any atom is -0.294 e. The molecule has 6 nitrogen and oxygen atoms in total. The zero-order valence-corrected chi connectivity index (χ0v) is 10.6. The lowest BCUT2D eigenvalue weighted by Crippen LogP contribution is -2.20. The molecule has 1 heterocycles. The van der Waals surface area contributed by atoms with Crippen LogP contribution in [0.15, 0.2) is 29.2 Å². The topological polar surface area (TPSA) is 87.7 Å². The SMILES string of the molecule is O=C(Nc1nncc(=O)[nH]1)[C@@H]1C[C@H]1c1ccc(F)c(F)c1. The zero-order chi connectivity index (χ0) is 15.0. The summed E-state index contributed by atoms with van der Waals surface area (Å²) in [6, 6.07) is 3.59. The fourth-order valence-electron chi connectivity index (χ4n) is 2.17. The summed E-state index contributed by atoms with van der Waals surface area (Å²) in [6.45, 7) is 0. The number of hydrogen-bond donors (Lipinski definition) is 2. The third-order valence-electron chi connectivity index (χ3n) is 3.31. The number of nitrogens with one attached hydrogen (secondary N) is 2. The number of nitrogens with zero attached hydrogens (tertiary/aromatic N) is 2. The maximum atomic E-state index is 13.2. The smallest absolute Gasteiger partial charge is 0.271 e. The number of aromatic nitrogens is 3. The molecule has 1 aromatic heterocycles. The molecule has 0 saturated heterocycles. The molecule has 3 rings (SSSR count). The van der Waals surface area contributed by atoms with Crippen molar-refractivity contribution in [2.45, 2.75) is 12.3 Å². The summed E-state index contributed by atoms with van der Waals surface area (Å²) in [7, 11) is 0. The summed E-state index contributed by atoms with van der Waals surface area (Å²) < 4.78 is 26.0. The zero-order valence-electron chi connectivity index (χ0n) is 10.6. The lowest BCUT2D eigenvalue weighted by molar-refractivity contribution is -0.117. The number of amides is 1. The number of hydrogen-bond acceptors (Lipinski definition) is 4. The van der Waals surface area contributed by atoms with Gasteiger partial charge in [-0.1, -0.05) is 6.07 Å². The second kappa shape index (κ2) is 5.04. The molecule has 1 aliphatic carbocycles. The Morgan fingerprint density at radius 1 is 1.33 bits per heavy atom. The van der Waals surface area contributed by atoms with Gasteiger partial charge in [0.2, 0.25) is 11.9 Å². The Bertz CT molecular complexity index is 762. The molecule has 0 bridgehead atoms. The van der Waals surface area contributed by atoms with Crippen molar-refractivity contribution in [3.8, 4) is 0 Å². The Morgan fingerprint density at radius 3 is 2.86 bits per heavy atom. The molecule has 21 heavy (non-hydrogen) atoms.